The quantitative estimate of drug-likeness (QED) is 0.157. The molecular formula is C32H26N2O5S2. The summed E-state index contributed by atoms with van der Waals surface area (Å²) < 4.78 is 24.4. The van der Waals surface area contributed by atoms with Crippen molar-refractivity contribution >= 4 is 51.7 Å². The number of anilines is 1. The number of para-hydroxylation sites is 1. The van der Waals surface area contributed by atoms with Crippen LogP contribution in [0, 0.1) is 6.92 Å². The van der Waals surface area contributed by atoms with Gasteiger partial charge in [0.15, 0.2) is 5.11 Å². The predicted molar refractivity (Wildman–Crippen MR) is 163 cm³/mol. The number of nitrogens with zero attached hydrogens (tertiary/aromatic N) is 1. The minimum absolute atomic E-state index is 0.0159. The molecule has 0 aliphatic carbocycles. The maximum absolute atomic E-state index is 13.5. The third kappa shape index (κ3) is 6.42. The average Bonchev–Trinajstić information content (AvgIpc) is 2.97. The van der Waals surface area contributed by atoms with Crippen molar-refractivity contribution in [2.24, 2.45) is 0 Å². The smallest absolute Gasteiger partial charge is 0.270 e. The molecule has 1 heterocycles. The van der Waals surface area contributed by atoms with Crippen LogP contribution in [0.3, 0.4) is 0 Å². The maximum Gasteiger partial charge on any atom is 0.270 e. The Labute approximate surface area is 245 Å². The van der Waals surface area contributed by atoms with Gasteiger partial charge in [0.1, 0.15) is 22.8 Å². The van der Waals surface area contributed by atoms with Gasteiger partial charge in [0.25, 0.3) is 11.8 Å². The van der Waals surface area contributed by atoms with Crippen LogP contribution in [0.25, 0.3) is 6.08 Å². The van der Waals surface area contributed by atoms with Gasteiger partial charge in [0, 0.05) is 10.5 Å². The number of amides is 2. The van der Waals surface area contributed by atoms with Crippen LogP contribution >= 0.6 is 12.2 Å². The number of nitrogens with one attached hydrogen (secondary N) is 1. The van der Waals surface area contributed by atoms with Crippen LogP contribution in [-0.4, -0.2) is 28.2 Å². The van der Waals surface area contributed by atoms with Crippen molar-refractivity contribution < 1.29 is 23.3 Å². The second-order valence-corrected chi connectivity index (χ2v) is 11.1. The Hall–Kier alpha value is -4.60. The second-order valence-electron chi connectivity index (χ2n) is 9.24. The monoisotopic (exact) mass is 582 g/mol. The van der Waals surface area contributed by atoms with Crippen LogP contribution in [0.2, 0.25) is 0 Å². The molecule has 1 aliphatic heterocycles. The van der Waals surface area contributed by atoms with E-state index in [1.54, 1.807) is 49.6 Å². The molecule has 1 aliphatic rings. The van der Waals surface area contributed by atoms with Gasteiger partial charge in [0.2, 0.25) is 0 Å². The van der Waals surface area contributed by atoms with E-state index in [1.165, 1.54) is 11.0 Å². The summed E-state index contributed by atoms with van der Waals surface area (Å²) in [5.41, 5.74) is 2.75. The minimum Gasteiger partial charge on any atom is -0.496 e. The van der Waals surface area contributed by atoms with Gasteiger partial charge in [0.05, 0.1) is 29.3 Å². The largest absolute Gasteiger partial charge is 0.496 e. The molecule has 0 spiro atoms. The van der Waals surface area contributed by atoms with Gasteiger partial charge in [-0.3, -0.25) is 24.0 Å². The van der Waals surface area contributed by atoms with E-state index in [9.17, 15) is 13.8 Å². The van der Waals surface area contributed by atoms with Gasteiger partial charge in [-0.25, -0.2) is 0 Å². The van der Waals surface area contributed by atoms with Crippen molar-refractivity contribution in [3.05, 3.63) is 119 Å². The highest BCUT2D eigenvalue weighted by Crippen LogP contribution is 2.29. The molecule has 0 bridgehead atoms. The molecule has 4 aromatic carbocycles. The summed E-state index contributed by atoms with van der Waals surface area (Å²) in [5, 5.41) is 2.59. The third-order valence-corrected chi connectivity index (χ3v) is 8.02. The SMILES string of the molecule is COc1ccc(/C=C2\C(=O)NC(=S)N(c3ccc(Oc4ccccc4)cc3)C2=O)cc1CS(=O)c1ccc(C)cc1. The van der Waals surface area contributed by atoms with Crippen molar-refractivity contribution in [1.82, 2.24) is 5.32 Å². The Morgan fingerprint density at radius 1 is 0.902 bits per heavy atom. The molecule has 1 unspecified atom stereocenters. The first-order valence-electron chi connectivity index (χ1n) is 12.7. The van der Waals surface area contributed by atoms with Crippen molar-refractivity contribution in [3.63, 3.8) is 0 Å². The zero-order valence-corrected chi connectivity index (χ0v) is 24.0. The number of rotatable bonds is 8. The fraction of sp³-hybridized carbons (Fsp3) is 0.0938. The van der Waals surface area contributed by atoms with E-state index in [-0.39, 0.29) is 16.4 Å². The molecule has 4 aromatic rings. The van der Waals surface area contributed by atoms with E-state index >= 15 is 0 Å². The van der Waals surface area contributed by atoms with Crippen molar-refractivity contribution in [2.45, 2.75) is 17.6 Å². The number of hydrogen-bond donors (Lipinski definition) is 1. The number of carbonyl (C=O) groups excluding carboxylic acids is 2. The van der Waals surface area contributed by atoms with Gasteiger partial charge in [-0.05, 0) is 91.4 Å². The highest BCUT2D eigenvalue weighted by atomic mass is 32.2. The number of thiocarbonyl (C=S) groups is 1. The summed E-state index contributed by atoms with van der Waals surface area (Å²) in [5.74, 6) is 0.883. The Morgan fingerprint density at radius 3 is 2.27 bits per heavy atom. The number of aryl methyl sites for hydroxylation is 1. The number of hydrogen-bond acceptors (Lipinski definition) is 6. The zero-order valence-electron chi connectivity index (χ0n) is 22.3. The summed E-state index contributed by atoms with van der Waals surface area (Å²) in [6.45, 7) is 1.97. The number of carbonyl (C=O) groups is 2. The van der Waals surface area contributed by atoms with Gasteiger partial charge in [-0.1, -0.05) is 42.0 Å². The van der Waals surface area contributed by atoms with Crippen LogP contribution in [0.15, 0.2) is 108 Å². The van der Waals surface area contributed by atoms with E-state index in [1.807, 2.05) is 61.5 Å². The summed E-state index contributed by atoms with van der Waals surface area (Å²) in [6, 6.07) is 28.9. The van der Waals surface area contributed by atoms with Gasteiger partial charge in [-0.2, -0.15) is 0 Å². The summed E-state index contributed by atoms with van der Waals surface area (Å²) in [7, 11) is 0.224. The first kappa shape index (κ1) is 27.9. The first-order chi connectivity index (χ1) is 19.8. The molecule has 41 heavy (non-hydrogen) atoms. The van der Waals surface area contributed by atoms with Crippen LogP contribution < -0.4 is 19.7 Å². The van der Waals surface area contributed by atoms with Crippen LogP contribution in [0.1, 0.15) is 16.7 Å². The fourth-order valence-corrected chi connectivity index (χ4v) is 5.66. The van der Waals surface area contributed by atoms with E-state index in [2.05, 4.69) is 5.32 Å². The lowest BCUT2D eigenvalue weighted by Crippen LogP contribution is -2.54. The molecule has 1 atom stereocenters. The lowest BCUT2D eigenvalue weighted by molar-refractivity contribution is -0.122. The lowest BCUT2D eigenvalue weighted by atomic mass is 10.0. The Balaban J connectivity index is 1.39. The van der Waals surface area contributed by atoms with Crippen LogP contribution in [0.4, 0.5) is 5.69 Å². The molecule has 0 radical (unpaired) electrons. The Morgan fingerprint density at radius 2 is 1.59 bits per heavy atom. The van der Waals surface area contributed by atoms with E-state index in [0.717, 1.165) is 5.56 Å². The minimum atomic E-state index is -1.32. The Bertz CT molecular complexity index is 1670. The molecular weight excluding hydrogens is 556 g/mol. The van der Waals surface area contributed by atoms with Crippen LogP contribution in [-0.2, 0) is 26.1 Å². The van der Waals surface area contributed by atoms with E-state index in [0.29, 0.717) is 39.0 Å². The van der Waals surface area contributed by atoms with E-state index < -0.39 is 22.6 Å². The maximum atomic E-state index is 13.5. The standard InChI is InChI=1S/C32H26N2O5S2/c1-21-8-15-27(16-9-21)41(37)20-23-18-22(10-17-29(23)38-2)19-28-30(35)33-32(40)34(31(28)36)24-11-13-26(14-12-24)39-25-6-4-3-5-7-25/h3-19H,20H2,1-2H3,(H,33,35,40)/b28-19+. The lowest BCUT2D eigenvalue weighted by Gasteiger charge is -2.29. The fourth-order valence-electron chi connectivity index (χ4n) is 4.26. The molecule has 7 nitrogen and oxygen atoms in total. The van der Waals surface area contributed by atoms with Crippen molar-refractivity contribution in [2.75, 3.05) is 12.0 Å². The number of methoxy groups -OCH3 is 1. The molecule has 206 valence electrons. The normalized spacial score (nSPS) is 15.0. The topological polar surface area (TPSA) is 84.9 Å². The van der Waals surface area contributed by atoms with Gasteiger partial charge >= 0.3 is 0 Å². The molecule has 1 N–H and O–H groups in total. The molecule has 1 saturated heterocycles. The molecule has 1 fully saturated rings. The highest BCUT2D eigenvalue weighted by molar-refractivity contribution is 7.84. The van der Waals surface area contributed by atoms with Crippen molar-refractivity contribution in [1.29, 1.82) is 0 Å². The zero-order chi connectivity index (χ0) is 28.9. The van der Waals surface area contributed by atoms with E-state index in [4.69, 9.17) is 21.7 Å². The summed E-state index contributed by atoms with van der Waals surface area (Å²) >= 11 is 5.34. The third-order valence-electron chi connectivity index (χ3n) is 6.36. The first-order valence-corrected chi connectivity index (χ1v) is 14.4. The van der Waals surface area contributed by atoms with Crippen molar-refractivity contribution in [3.8, 4) is 17.2 Å². The Kier molecular flexibility index (Phi) is 8.37. The molecule has 0 aromatic heterocycles. The summed E-state index contributed by atoms with van der Waals surface area (Å²) in [4.78, 5) is 28.3. The molecule has 9 heteroatoms. The summed E-state index contributed by atoms with van der Waals surface area (Å²) in [6.07, 6.45) is 1.50. The number of benzene rings is 4. The van der Waals surface area contributed by atoms with Gasteiger partial charge in [-0.15, -0.1) is 0 Å². The average molecular weight is 583 g/mol. The number of ether oxygens (including phenoxy) is 2. The van der Waals surface area contributed by atoms with Crippen LogP contribution in [0.5, 0.6) is 17.2 Å². The molecule has 0 saturated carbocycles. The highest BCUT2D eigenvalue weighted by Gasteiger charge is 2.34. The van der Waals surface area contributed by atoms with Gasteiger partial charge < -0.3 is 9.47 Å². The predicted octanol–water partition coefficient (Wildman–Crippen LogP) is 5.94. The molecule has 5 rings (SSSR count). The molecule has 2 amide bonds. The second kappa shape index (κ2) is 12.3.